The summed E-state index contributed by atoms with van der Waals surface area (Å²) in [6.45, 7) is 2.48. The lowest BCUT2D eigenvalue weighted by molar-refractivity contribution is 0.626. The smallest absolute Gasteiger partial charge is 0.126 e. The first kappa shape index (κ1) is 15.3. The van der Waals surface area contributed by atoms with Crippen molar-refractivity contribution in [3.63, 3.8) is 0 Å². The lowest BCUT2D eigenvalue weighted by Gasteiger charge is -2.12. The molecule has 0 radical (unpaired) electrons. The number of rotatable bonds is 4. The second-order valence-corrected chi connectivity index (χ2v) is 5.93. The number of hydrogen-bond donors (Lipinski definition) is 1. The Morgan fingerprint density at radius 1 is 1.08 bits per heavy atom. The molecule has 0 aliphatic heterocycles. The zero-order valence-electron chi connectivity index (χ0n) is 13.8. The van der Waals surface area contributed by atoms with Crippen LogP contribution in [0, 0.1) is 12.7 Å². The molecular weight excluding hydrogens is 315 g/mol. The topological polar surface area (TPSA) is 46.5 Å². The lowest BCUT2D eigenvalue weighted by atomic mass is 10.0. The minimum absolute atomic E-state index is 0.236. The van der Waals surface area contributed by atoms with Gasteiger partial charge in [-0.15, -0.1) is 0 Å². The summed E-state index contributed by atoms with van der Waals surface area (Å²) in [6, 6.07) is 14.9. The van der Waals surface area contributed by atoms with Gasteiger partial charge in [-0.05, 0) is 30.7 Å². The SMILES string of the molecule is Cc1cc(F)ccc1-c1c(-c2ccccc2)ncn1Cc1ncc[nH]1. The third-order valence-corrected chi connectivity index (χ3v) is 4.20. The Balaban J connectivity index is 1.90. The highest BCUT2D eigenvalue weighted by molar-refractivity contribution is 5.80. The van der Waals surface area contributed by atoms with Crippen LogP contribution in [-0.4, -0.2) is 19.5 Å². The highest BCUT2D eigenvalue weighted by atomic mass is 19.1. The van der Waals surface area contributed by atoms with E-state index in [2.05, 4.69) is 15.0 Å². The Labute approximate surface area is 145 Å². The number of halogens is 1. The van der Waals surface area contributed by atoms with E-state index in [1.54, 1.807) is 18.5 Å². The van der Waals surface area contributed by atoms with Gasteiger partial charge in [-0.25, -0.2) is 14.4 Å². The third kappa shape index (κ3) is 2.96. The van der Waals surface area contributed by atoms with Gasteiger partial charge in [0.2, 0.25) is 0 Å². The fourth-order valence-electron chi connectivity index (χ4n) is 3.03. The average molecular weight is 332 g/mol. The van der Waals surface area contributed by atoms with Crippen molar-refractivity contribution in [2.45, 2.75) is 13.5 Å². The van der Waals surface area contributed by atoms with Crippen molar-refractivity contribution in [3.8, 4) is 22.5 Å². The molecule has 0 aliphatic carbocycles. The van der Waals surface area contributed by atoms with Crippen molar-refractivity contribution in [2.24, 2.45) is 0 Å². The van der Waals surface area contributed by atoms with E-state index in [1.165, 1.54) is 6.07 Å². The number of hydrogen-bond acceptors (Lipinski definition) is 2. The summed E-state index contributed by atoms with van der Waals surface area (Å²) in [5.41, 5.74) is 4.70. The number of nitrogens with zero attached hydrogens (tertiary/aromatic N) is 3. The van der Waals surface area contributed by atoms with Crippen LogP contribution in [0.1, 0.15) is 11.4 Å². The maximum Gasteiger partial charge on any atom is 0.126 e. The first-order valence-electron chi connectivity index (χ1n) is 8.07. The van der Waals surface area contributed by atoms with E-state index in [0.29, 0.717) is 6.54 Å². The molecule has 4 aromatic rings. The van der Waals surface area contributed by atoms with E-state index in [0.717, 1.165) is 33.9 Å². The molecule has 0 bridgehead atoms. The molecule has 0 saturated heterocycles. The van der Waals surface area contributed by atoms with Crippen LogP contribution in [0.2, 0.25) is 0 Å². The Kier molecular flexibility index (Phi) is 3.90. The molecule has 0 spiro atoms. The molecule has 2 heterocycles. The van der Waals surface area contributed by atoms with Gasteiger partial charge < -0.3 is 9.55 Å². The first-order valence-corrected chi connectivity index (χ1v) is 8.07. The minimum atomic E-state index is -0.236. The quantitative estimate of drug-likeness (QED) is 0.601. The molecule has 4 nitrogen and oxygen atoms in total. The van der Waals surface area contributed by atoms with Crippen LogP contribution in [0.5, 0.6) is 0 Å². The lowest BCUT2D eigenvalue weighted by Crippen LogP contribution is -2.03. The molecule has 1 N–H and O–H groups in total. The Hall–Kier alpha value is -3.21. The largest absolute Gasteiger partial charge is 0.347 e. The van der Waals surface area contributed by atoms with Crippen LogP contribution in [0.3, 0.4) is 0 Å². The molecule has 124 valence electrons. The maximum atomic E-state index is 13.6. The van der Waals surface area contributed by atoms with Crippen LogP contribution in [0.4, 0.5) is 4.39 Å². The molecule has 5 heteroatoms. The summed E-state index contributed by atoms with van der Waals surface area (Å²) in [4.78, 5) is 12.1. The van der Waals surface area contributed by atoms with Crippen molar-refractivity contribution in [2.75, 3.05) is 0 Å². The van der Waals surface area contributed by atoms with Crippen LogP contribution in [0.15, 0.2) is 67.3 Å². The summed E-state index contributed by atoms with van der Waals surface area (Å²) in [5.74, 6) is 0.609. The summed E-state index contributed by atoms with van der Waals surface area (Å²) in [5, 5.41) is 0. The van der Waals surface area contributed by atoms with Gasteiger partial charge >= 0.3 is 0 Å². The maximum absolute atomic E-state index is 13.6. The Bertz CT molecular complexity index is 988. The average Bonchev–Trinajstić information content (AvgIpc) is 3.26. The number of H-pyrrole nitrogens is 1. The second-order valence-electron chi connectivity index (χ2n) is 5.93. The summed E-state index contributed by atoms with van der Waals surface area (Å²) < 4.78 is 15.6. The van der Waals surface area contributed by atoms with Gasteiger partial charge in [0.1, 0.15) is 11.6 Å². The van der Waals surface area contributed by atoms with Gasteiger partial charge in [0.25, 0.3) is 0 Å². The summed E-state index contributed by atoms with van der Waals surface area (Å²) in [7, 11) is 0. The number of aryl methyl sites for hydroxylation is 1. The molecule has 2 aromatic heterocycles. The van der Waals surface area contributed by atoms with E-state index in [4.69, 9.17) is 0 Å². The van der Waals surface area contributed by atoms with Gasteiger partial charge in [-0.1, -0.05) is 30.3 Å². The highest BCUT2D eigenvalue weighted by Crippen LogP contribution is 2.33. The number of aromatic amines is 1. The van der Waals surface area contributed by atoms with Gasteiger partial charge in [-0.3, -0.25) is 0 Å². The second kappa shape index (κ2) is 6.36. The van der Waals surface area contributed by atoms with Crippen molar-refractivity contribution in [3.05, 3.63) is 84.5 Å². The number of imidazole rings is 2. The van der Waals surface area contributed by atoms with E-state index in [1.807, 2.05) is 54.2 Å². The molecule has 0 fully saturated rings. The molecule has 0 atom stereocenters. The molecule has 0 aliphatic rings. The van der Waals surface area contributed by atoms with Gasteiger partial charge in [-0.2, -0.15) is 0 Å². The number of benzene rings is 2. The van der Waals surface area contributed by atoms with Crippen molar-refractivity contribution >= 4 is 0 Å². The number of aromatic nitrogens is 4. The first-order chi connectivity index (χ1) is 12.2. The highest BCUT2D eigenvalue weighted by Gasteiger charge is 2.17. The minimum Gasteiger partial charge on any atom is -0.347 e. The summed E-state index contributed by atoms with van der Waals surface area (Å²) >= 11 is 0. The van der Waals surface area contributed by atoms with Gasteiger partial charge in [0, 0.05) is 23.5 Å². The van der Waals surface area contributed by atoms with Crippen LogP contribution >= 0.6 is 0 Å². The molecule has 0 saturated carbocycles. The predicted molar refractivity (Wildman–Crippen MR) is 95.5 cm³/mol. The molecule has 0 amide bonds. The third-order valence-electron chi connectivity index (χ3n) is 4.20. The van der Waals surface area contributed by atoms with Crippen molar-refractivity contribution in [1.82, 2.24) is 19.5 Å². The van der Waals surface area contributed by atoms with Crippen LogP contribution < -0.4 is 0 Å². The van der Waals surface area contributed by atoms with Crippen molar-refractivity contribution < 1.29 is 4.39 Å². The molecule has 25 heavy (non-hydrogen) atoms. The molecule has 4 rings (SSSR count). The standard InChI is InChI=1S/C20H17FN4/c1-14-11-16(21)7-8-17(14)20-19(15-5-3-2-4-6-15)24-13-25(20)12-18-22-9-10-23-18/h2-11,13H,12H2,1H3,(H,22,23). The number of nitrogens with one attached hydrogen (secondary N) is 1. The van der Waals surface area contributed by atoms with Crippen molar-refractivity contribution in [1.29, 1.82) is 0 Å². The molecule has 2 aromatic carbocycles. The Morgan fingerprint density at radius 2 is 1.92 bits per heavy atom. The molecular formula is C20H17FN4. The van der Waals surface area contributed by atoms with E-state index in [9.17, 15) is 4.39 Å². The van der Waals surface area contributed by atoms with E-state index >= 15 is 0 Å². The van der Waals surface area contributed by atoms with E-state index in [-0.39, 0.29) is 5.82 Å². The zero-order valence-corrected chi connectivity index (χ0v) is 13.8. The normalized spacial score (nSPS) is 11.0. The van der Waals surface area contributed by atoms with Crippen LogP contribution in [0.25, 0.3) is 22.5 Å². The summed E-state index contributed by atoms with van der Waals surface area (Å²) in [6.07, 6.45) is 5.34. The zero-order chi connectivity index (χ0) is 17.2. The van der Waals surface area contributed by atoms with Gasteiger partial charge in [0.15, 0.2) is 0 Å². The van der Waals surface area contributed by atoms with Gasteiger partial charge in [0.05, 0.1) is 24.3 Å². The van der Waals surface area contributed by atoms with E-state index < -0.39 is 0 Å². The van der Waals surface area contributed by atoms with Crippen LogP contribution in [-0.2, 0) is 6.54 Å². The fourth-order valence-corrected chi connectivity index (χ4v) is 3.03. The molecule has 0 unspecified atom stereocenters. The Morgan fingerprint density at radius 3 is 2.64 bits per heavy atom. The fraction of sp³-hybridized carbons (Fsp3) is 0.100. The predicted octanol–water partition coefficient (Wildman–Crippen LogP) is 4.44. The monoisotopic (exact) mass is 332 g/mol.